The Balaban J connectivity index is 1.56. The van der Waals surface area contributed by atoms with Gasteiger partial charge in [-0.3, -0.25) is 19.5 Å². The molecular formula is C27H21ClN4O3S2. The Kier molecular flexibility index (Phi) is 7.10. The molecule has 0 bridgehead atoms. The van der Waals surface area contributed by atoms with Gasteiger partial charge in [0.05, 0.1) is 11.6 Å². The van der Waals surface area contributed by atoms with Gasteiger partial charge in [0.1, 0.15) is 5.76 Å². The Morgan fingerprint density at radius 1 is 1.11 bits per heavy atom. The number of nitrogens with zero attached hydrogens (tertiary/aromatic N) is 4. The lowest BCUT2D eigenvalue weighted by Crippen LogP contribution is -2.29. The molecule has 186 valence electrons. The number of thioether (sulfide) groups is 1. The van der Waals surface area contributed by atoms with Crippen LogP contribution in [0.25, 0.3) is 5.76 Å². The van der Waals surface area contributed by atoms with Gasteiger partial charge in [-0.15, -0.1) is 10.2 Å². The molecule has 1 amide bonds. The number of Topliss-reactive ketones (excluding diaryl/α,β-unsaturated/α-hetero) is 1. The summed E-state index contributed by atoms with van der Waals surface area (Å²) in [6.45, 7) is 3.74. The molecule has 0 saturated carbocycles. The van der Waals surface area contributed by atoms with E-state index in [0.717, 1.165) is 16.7 Å². The Hall–Kier alpha value is -3.53. The van der Waals surface area contributed by atoms with Gasteiger partial charge in [-0.25, -0.2) is 0 Å². The van der Waals surface area contributed by atoms with E-state index in [1.54, 1.807) is 30.6 Å². The molecule has 37 heavy (non-hydrogen) atoms. The standard InChI is InChI=1S/C27H21ClN4O3S2/c1-15-9-10-16(2)19(12-15)23(33)21-22(17-7-5-11-29-13-17)32(25(35)24(21)34)26-30-31-27(37-26)36-14-18-6-3-4-8-20(18)28/h3-13,22,33H,14H2,1-2H3/b23-21+. The number of carbonyl (C=O) groups excluding carboxylic acids is 2. The zero-order valence-electron chi connectivity index (χ0n) is 19.9. The normalized spacial score (nSPS) is 16.9. The van der Waals surface area contributed by atoms with Crippen LogP contribution in [0.5, 0.6) is 0 Å². The molecule has 0 spiro atoms. The summed E-state index contributed by atoms with van der Waals surface area (Å²) in [7, 11) is 0. The molecule has 2 aromatic heterocycles. The van der Waals surface area contributed by atoms with E-state index in [9.17, 15) is 14.7 Å². The molecule has 1 aliphatic heterocycles. The van der Waals surface area contributed by atoms with Crippen LogP contribution < -0.4 is 4.90 Å². The lowest BCUT2D eigenvalue weighted by Gasteiger charge is -2.22. The maximum absolute atomic E-state index is 13.3. The van der Waals surface area contributed by atoms with Gasteiger partial charge in [-0.05, 0) is 48.7 Å². The fraction of sp³-hybridized carbons (Fsp3) is 0.148. The van der Waals surface area contributed by atoms with E-state index >= 15 is 0 Å². The number of carbonyl (C=O) groups is 2. The van der Waals surface area contributed by atoms with Gasteiger partial charge < -0.3 is 5.11 Å². The zero-order chi connectivity index (χ0) is 26.1. The molecule has 1 N–H and O–H groups in total. The van der Waals surface area contributed by atoms with E-state index < -0.39 is 17.7 Å². The minimum absolute atomic E-state index is 0.00725. The van der Waals surface area contributed by atoms with E-state index in [1.807, 2.05) is 50.2 Å². The molecule has 1 aliphatic rings. The van der Waals surface area contributed by atoms with Crippen molar-refractivity contribution < 1.29 is 14.7 Å². The number of anilines is 1. The molecule has 1 atom stereocenters. The van der Waals surface area contributed by atoms with E-state index in [2.05, 4.69) is 15.2 Å². The second-order valence-electron chi connectivity index (χ2n) is 8.50. The van der Waals surface area contributed by atoms with E-state index in [4.69, 9.17) is 11.6 Å². The molecule has 0 radical (unpaired) electrons. The quantitative estimate of drug-likeness (QED) is 0.102. The summed E-state index contributed by atoms with van der Waals surface area (Å²) in [6.07, 6.45) is 3.18. The number of aliphatic hydroxyl groups is 1. The second kappa shape index (κ2) is 10.5. The molecular weight excluding hydrogens is 528 g/mol. The summed E-state index contributed by atoms with van der Waals surface area (Å²) in [5, 5.41) is 20.8. The fourth-order valence-corrected chi connectivity index (χ4v) is 6.29. The van der Waals surface area contributed by atoms with Gasteiger partial charge in [0.2, 0.25) is 5.13 Å². The number of hydrogen-bond donors (Lipinski definition) is 1. The molecule has 5 rings (SSSR count). The average molecular weight is 549 g/mol. The fourth-order valence-electron chi connectivity index (χ4n) is 4.13. The van der Waals surface area contributed by atoms with Gasteiger partial charge in [0.25, 0.3) is 5.78 Å². The van der Waals surface area contributed by atoms with Crippen LogP contribution in [0.3, 0.4) is 0 Å². The number of benzene rings is 2. The van der Waals surface area contributed by atoms with Crippen molar-refractivity contribution in [3.05, 3.63) is 105 Å². The molecule has 7 nitrogen and oxygen atoms in total. The summed E-state index contributed by atoms with van der Waals surface area (Å²) >= 11 is 8.91. The molecule has 4 aromatic rings. The zero-order valence-corrected chi connectivity index (χ0v) is 22.3. The van der Waals surface area contributed by atoms with Gasteiger partial charge in [-0.1, -0.05) is 76.7 Å². The van der Waals surface area contributed by atoms with E-state index in [1.165, 1.54) is 28.0 Å². The smallest absolute Gasteiger partial charge is 0.301 e. The van der Waals surface area contributed by atoms with Crippen LogP contribution in [0.2, 0.25) is 5.02 Å². The Morgan fingerprint density at radius 3 is 2.68 bits per heavy atom. The van der Waals surface area contributed by atoms with Crippen LogP contribution >= 0.6 is 34.7 Å². The van der Waals surface area contributed by atoms with Crippen molar-refractivity contribution in [3.8, 4) is 0 Å². The van der Waals surface area contributed by atoms with Crippen LogP contribution in [0.4, 0.5) is 5.13 Å². The minimum Gasteiger partial charge on any atom is -0.507 e. The number of halogens is 1. The van der Waals surface area contributed by atoms with Crippen LogP contribution in [0.15, 0.2) is 76.9 Å². The van der Waals surface area contributed by atoms with Crippen molar-refractivity contribution in [2.45, 2.75) is 30.0 Å². The number of hydrogen-bond acceptors (Lipinski definition) is 8. The highest BCUT2D eigenvalue weighted by Crippen LogP contribution is 2.44. The first kappa shape index (κ1) is 25.1. The molecule has 0 aliphatic carbocycles. The molecule has 2 aromatic carbocycles. The van der Waals surface area contributed by atoms with E-state index in [0.29, 0.717) is 26.2 Å². The number of aliphatic hydroxyl groups excluding tert-OH is 1. The number of ketones is 1. The van der Waals surface area contributed by atoms with Crippen LogP contribution in [-0.4, -0.2) is 32.0 Å². The number of aryl methyl sites for hydroxylation is 2. The van der Waals surface area contributed by atoms with Crippen molar-refractivity contribution >= 4 is 57.3 Å². The van der Waals surface area contributed by atoms with Crippen LogP contribution in [0.1, 0.15) is 33.9 Å². The Labute approximate surface area is 226 Å². The first-order chi connectivity index (χ1) is 17.8. The monoisotopic (exact) mass is 548 g/mol. The highest BCUT2D eigenvalue weighted by Gasteiger charge is 2.48. The van der Waals surface area contributed by atoms with Gasteiger partial charge >= 0.3 is 5.91 Å². The Bertz CT molecular complexity index is 1540. The maximum atomic E-state index is 13.3. The predicted molar refractivity (Wildman–Crippen MR) is 146 cm³/mol. The summed E-state index contributed by atoms with van der Waals surface area (Å²) in [5.41, 5.74) is 3.73. The highest BCUT2D eigenvalue weighted by molar-refractivity contribution is 8.00. The summed E-state index contributed by atoms with van der Waals surface area (Å²) in [6, 6.07) is 15.7. The summed E-state index contributed by atoms with van der Waals surface area (Å²) < 4.78 is 0.622. The third-order valence-corrected chi connectivity index (χ3v) is 8.48. The third-order valence-electron chi connectivity index (χ3n) is 6.00. The van der Waals surface area contributed by atoms with Crippen molar-refractivity contribution in [1.29, 1.82) is 0 Å². The summed E-state index contributed by atoms with van der Waals surface area (Å²) in [4.78, 5) is 32.2. The predicted octanol–water partition coefficient (Wildman–Crippen LogP) is 6.12. The lowest BCUT2D eigenvalue weighted by atomic mass is 9.94. The molecule has 10 heteroatoms. The maximum Gasteiger partial charge on any atom is 0.301 e. The van der Waals surface area contributed by atoms with Gasteiger partial charge in [0.15, 0.2) is 4.34 Å². The van der Waals surface area contributed by atoms with Gasteiger partial charge in [-0.2, -0.15) is 0 Å². The largest absolute Gasteiger partial charge is 0.507 e. The second-order valence-corrected chi connectivity index (χ2v) is 11.1. The van der Waals surface area contributed by atoms with E-state index in [-0.39, 0.29) is 16.5 Å². The summed E-state index contributed by atoms with van der Waals surface area (Å²) in [5.74, 6) is -1.22. The van der Waals surface area contributed by atoms with Crippen LogP contribution in [0, 0.1) is 13.8 Å². The van der Waals surface area contributed by atoms with Gasteiger partial charge in [0, 0.05) is 28.7 Å². The first-order valence-corrected chi connectivity index (χ1v) is 13.5. The Morgan fingerprint density at radius 2 is 1.92 bits per heavy atom. The average Bonchev–Trinajstić information content (AvgIpc) is 3.47. The number of rotatable bonds is 6. The first-order valence-electron chi connectivity index (χ1n) is 11.3. The lowest BCUT2D eigenvalue weighted by molar-refractivity contribution is -0.132. The number of amides is 1. The highest BCUT2D eigenvalue weighted by atomic mass is 35.5. The van der Waals surface area contributed by atoms with Crippen molar-refractivity contribution in [1.82, 2.24) is 15.2 Å². The molecule has 3 heterocycles. The van der Waals surface area contributed by atoms with Crippen molar-refractivity contribution in [2.75, 3.05) is 4.90 Å². The number of aromatic nitrogens is 3. The molecule has 1 unspecified atom stereocenters. The molecule has 1 fully saturated rings. The third kappa shape index (κ3) is 4.90. The topological polar surface area (TPSA) is 96.3 Å². The van der Waals surface area contributed by atoms with Crippen molar-refractivity contribution in [2.24, 2.45) is 0 Å². The van der Waals surface area contributed by atoms with Crippen LogP contribution in [-0.2, 0) is 15.3 Å². The molecule has 1 saturated heterocycles. The van der Waals surface area contributed by atoms with Crippen molar-refractivity contribution in [3.63, 3.8) is 0 Å². The minimum atomic E-state index is -0.900. The number of pyridine rings is 1. The SMILES string of the molecule is Cc1ccc(C)c(/C(O)=C2\C(=O)C(=O)N(c3nnc(SCc4ccccc4Cl)s3)C2c2cccnc2)c1.